The summed E-state index contributed by atoms with van der Waals surface area (Å²) >= 11 is 0. The molecule has 0 aromatic heterocycles. The molecule has 2 radical (unpaired) electrons. The first-order valence-electron chi connectivity index (χ1n) is 11.6. The van der Waals surface area contributed by atoms with Crippen LogP contribution in [-0.2, 0) is 39.0 Å². The number of rotatable bonds is 4. The molecule has 0 heterocycles. The Bertz CT molecular complexity index is 990. The van der Waals surface area contributed by atoms with Crippen LogP contribution >= 0.6 is 0 Å². The third kappa shape index (κ3) is 11.9. The summed E-state index contributed by atoms with van der Waals surface area (Å²) in [5.74, 6) is 1.48. The van der Waals surface area contributed by atoms with Gasteiger partial charge in [-0.3, -0.25) is 0 Å². The molecule has 0 bridgehead atoms. The van der Waals surface area contributed by atoms with Crippen LogP contribution in [-0.4, -0.2) is 9.52 Å². The summed E-state index contributed by atoms with van der Waals surface area (Å²) in [6.07, 6.45) is 2.36. The van der Waals surface area contributed by atoms with Crippen molar-refractivity contribution in [3.63, 3.8) is 0 Å². The van der Waals surface area contributed by atoms with Crippen LogP contribution < -0.4 is 24.8 Å². The molecule has 4 aromatic rings. The molecule has 0 unspecified atom stereocenters. The summed E-state index contributed by atoms with van der Waals surface area (Å²) in [5, 5.41) is 5.52. The smallest absolute Gasteiger partial charge is 1.00 e. The summed E-state index contributed by atoms with van der Waals surface area (Å²) in [4.78, 5) is 0. The number of halogens is 2. The number of hydrogen-bond donors (Lipinski definition) is 0. The summed E-state index contributed by atoms with van der Waals surface area (Å²) < 4.78 is 0. The van der Waals surface area contributed by atoms with Gasteiger partial charge in [0.15, 0.2) is 0 Å². The first-order chi connectivity index (χ1) is 14.7. The van der Waals surface area contributed by atoms with Gasteiger partial charge in [0.05, 0.1) is 0 Å². The maximum Gasteiger partial charge on any atom is 4.00 e. The third-order valence-electron chi connectivity index (χ3n) is 5.12. The van der Waals surface area contributed by atoms with Gasteiger partial charge in [-0.05, 0) is 24.7 Å². The standard InChI is InChI=1S/2C14H17.C2H6Si.2ClH.Zr/c2*1-10(2)6-12-4-5-13-7-11(3)8-14(13)9-12;1-3-2;;;/h2*4-5,7-10H,6H2,1-3H3;1-2H3;2*1H;/q2*-1;;;;+4/p-2. The summed E-state index contributed by atoms with van der Waals surface area (Å²) in [5.41, 5.74) is 5.64. The van der Waals surface area contributed by atoms with Crippen molar-refractivity contribution in [3.05, 3.63) is 82.9 Å². The van der Waals surface area contributed by atoms with Gasteiger partial charge < -0.3 is 24.8 Å². The molecular formula is C30H40Cl2SiZr. The summed E-state index contributed by atoms with van der Waals surface area (Å²) in [6, 6.07) is 22.6. The quantitative estimate of drug-likeness (QED) is 0.253. The molecule has 34 heavy (non-hydrogen) atoms. The van der Waals surface area contributed by atoms with E-state index in [2.05, 4.69) is 115 Å². The van der Waals surface area contributed by atoms with Gasteiger partial charge in [0.25, 0.3) is 0 Å². The van der Waals surface area contributed by atoms with Gasteiger partial charge >= 0.3 is 26.2 Å². The Morgan fingerprint density at radius 3 is 1.26 bits per heavy atom. The van der Waals surface area contributed by atoms with Crippen molar-refractivity contribution in [2.24, 2.45) is 11.8 Å². The van der Waals surface area contributed by atoms with E-state index in [1.165, 1.54) is 56.6 Å². The number of fused-ring (bicyclic) bond motifs is 2. The number of aryl methyl sites for hydroxylation is 2. The van der Waals surface area contributed by atoms with E-state index in [0.717, 1.165) is 21.4 Å². The van der Waals surface area contributed by atoms with E-state index in [0.29, 0.717) is 0 Å². The molecule has 0 fully saturated rings. The number of hydrogen-bond acceptors (Lipinski definition) is 0. The van der Waals surface area contributed by atoms with Gasteiger partial charge in [-0.2, -0.15) is 12.1 Å². The molecule has 0 aliphatic carbocycles. The molecule has 0 aliphatic heterocycles. The molecule has 4 heteroatoms. The number of benzene rings is 2. The van der Waals surface area contributed by atoms with Crippen LogP contribution in [0.1, 0.15) is 49.9 Å². The van der Waals surface area contributed by atoms with Gasteiger partial charge in [-0.25, -0.2) is 0 Å². The van der Waals surface area contributed by atoms with Crippen molar-refractivity contribution in [1.82, 2.24) is 0 Å². The van der Waals surface area contributed by atoms with E-state index in [1.54, 1.807) is 0 Å². The van der Waals surface area contributed by atoms with Crippen molar-refractivity contribution in [2.45, 2.75) is 67.5 Å². The second-order valence-corrected chi connectivity index (χ2v) is 10.7. The maximum absolute atomic E-state index is 2.32. The molecule has 182 valence electrons. The van der Waals surface area contributed by atoms with Crippen LogP contribution in [0.4, 0.5) is 0 Å². The average Bonchev–Trinajstić information content (AvgIpc) is 3.21. The van der Waals surface area contributed by atoms with Crippen LogP contribution in [0.25, 0.3) is 21.5 Å². The second kappa shape index (κ2) is 17.7. The molecular weight excluding hydrogens is 551 g/mol. The van der Waals surface area contributed by atoms with Crippen molar-refractivity contribution >= 4 is 31.1 Å². The van der Waals surface area contributed by atoms with Crippen molar-refractivity contribution in [2.75, 3.05) is 0 Å². The van der Waals surface area contributed by atoms with E-state index >= 15 is 0 Å². The molecule has 0 amide bonds. The van der Waals surface area contributed by atoms with E-state index in [1.807, 2.05) is 0 Å². The molecule has 0 saturated carbocycles. The van der Waals surface area contributed by atoms with E-state index < -0.39 is 0 Å². The van der Waals surface area contributed by atoms with E-state index in [4.69, 9.17) is 0 Å². The van der Waals surface area contributed by atoms with E-state index in [-0.39, 0.29) is 51.0 Å². The zero-order valence-corrected chi connectivity index (χ0v) is 27.1. The van der Waals surface area contributed by atoms with Crippen LogP contribution in [0.5, 0.6) is 0 Å². The Hall–Kier alpha value is -0.660. The molecule has 4 aromatic carbocycles. The first kappa shape index (κ1) is 35.5. The van der Waals surface area contributed by atoms with Gasteiger partial charge in [0.2, 0.25) is 0 Å². The zero-order chi connectivity index (χ0) is 23.0. The first-order valence-corrected chi connectivity index (χ1v) is 13.6. The van der Waals surface area contributed by atoms with Crippen molar-refractivity contribution in [3.8, 4) is 0 Å². The predicted molar refractivity (Wildman–Crippen MR) is 143 cm³/mol. The summed E-state index contributed by atoms with van der Waals surface area (Å²) in [6.45, 7) is 17.7. The van der Waals surface area contributed by atoms with E-state index in [9.17, 15) is 0 Å². The average molecular weight is 591 g/mol. The normalized spacial score (nSPS) is 9.94. The van der Waals surface area contributed by atoms with Crippen molar-refractivity contribution in [1.29, 1.82) is 0 Å². The maximum atomic E-state index is 2.32. The molecule has 0 N–H and O–H groups in total. The molecule has 0 atom stereocenters. The Morgan fingerprint density at radius 2 is 0.971 bits per heavy atom. The van der Waals surface area contributed by atoms with Crippen LogP contribution in [0.3, 0.4) is 0 Å². The minimum atomic E-state index is 0. The second-order valence-electron chi connectivity index (χ2n) is 9.69. The van der Waals surface area contributed by atoms with Crippen LogP contribution in [0.2, 0.25) is 13.1 Å². The molecule has 4 rings (SSSR count). The topological polar surface area (TPSA) is 0 Å². The Kier molecular flexibility index (Phi) is 18.5. The minimum absolute atomic E-state index is 0. The van der Waals surface area contributed by atoms with Gasteiger partial charge in [0.1, 0.15) is 0 Å². The molecule has 0 saturated heterocycles. The molecule has 0 spiro atoms. The Labute approximate surface area is 242 Å². The van der Waals surface area contributed by atoms with Gasteiger partial charge in [-0.1, -0.05) is 65.8 Å². The third-order valence-corrected chi connectivity index (χ3v) is 5.12. The molecule has 0 aliphatic rings. The Morgan fingerprint density at radius 1 is 0.647 bits per heavy atom. The minimum Gasteiger partial charge on any atom is -1.00 e. The predicted octanol–water partition coefficient (Wildman–Crippen LogP) is 2.92. The monoisotopic (exact) mass is 588 g/mol. The molecule has 0 nitrogen and oxygen atoms in total. The van der Waals surface area contributed by atoms with Crippen LogP contribution in [0, 0.1) is 25.7 Å². The fourth-order valence-corrected chi connectivity index (χ4v) is 4.02. The largest absolute Gasteiger partial charge is 4.00 e. The van der Waals surface area contributed by atoms with Crippen LogP contribution in [0.15, 0.2) is 60.7 Å². The fourth-order valence-electron chi connectivity index (χ4n) is 4.02. The van der Waals surface area contributed by atoms with Crippen molar-refractivity contribution < 1.29 is 51.0 Å². The fraction of sp³-hybridized carbons (Fsp3) is 0.400. The Balaban J connectivity index is 0. The van der Waals surface area contributed by atoms with Gasteiger partial charge in [0, 0.05) is 9.52 Å². The zero-order valence-electron chi connectivity index (χ0n) is 22.1. The summed E-state index contributed by atoms with van der Waals surface area (Å²) in [7, 11) is 1.08. The van der Waals surface area contributed by atoms with Gasteiger partial charge in [-0.15, -0.1) is 81.2 Å². The SMILES string of the molecule is C[Si]C.Cc1cc2cc(CC(C)C)ccc2[cH-]1.Cc1cc2cc(CC(C)C)ccc2[cH-]1.[Cl-].[Cl-].[Zr+4].